The molecular weight excluding hydrogens is 380 g/mol. The van der Waals surface area contributed by atoms with Crippen LogP contribution in [-0.2, 0) is 4.79 Å². The zero-order chi connectivity index (χ0) is 22.6. The van der Waals surface area contributed by atoms with Gasteiger partial charge in [0.1, 0.15) is 0 Å². The lowest BCUT2D eigenvalue weighted by molar-refractivity contribution is -0.128. The van der Waals surface area contributed by atoms with Gasteiger partial charge in [0.25, 0.3) is 0 Å². The van der Waals surface area contributed by atoms with Crippen molar-refractivity contribution in [2.24, 2.45) is 52.3 Å². The minimum atomic E-state index is -0.477. The second-order valence-corrected chi connectivity index (χ2v) is 12.7. The summed E-state index contributed by atoms with van der Waals surface area (Å²) in [6.07, 6.45) is 13.5. The molecule has 2 nitrogen and oxygen atoms in total. The topological polar surface area (TPSA) is 37.3 Å². The molecule has 1 unspecified atom stereocenters. The number of hydrogen-bond donors (Lipinski definition) is 1. The predicted octanol–water partition coefficient (Wildman–Crippen LogP) is 7.20. The van der Waals surface area contributed by atoms with Gasteiger partial charge in [-0.2, -0.15) is 0 Å². The van der Waals surface area contributed by atoms with E-state index >= 15 is 0 Å². The van der Waals surface area contributed by atoms with Crippen LogP contribution in [0.2, 0.25) is 0 Å². The fourth-order valence-corrected chi connectivity index (χ4v) is 9.27. The summed E-state index contributed by atoms with van der Waals surface area (Å²) in [5, 5.41) is 11.0. The molecule has 4 aliphatic carbocycles. The largest absolute Gasteiger partial charge is 0.392 e. The number of aliphatic hydroxyl groups is 1. The molecule has 1 N–H and O–H groups in total. The van der Waals surface area contributed by atoms with E-state index in [-0.39, 0.29) is 11.2 Å². The van der Waals surface area contributed by atoms with Crippen molar-refractivity contribution in [2.45, 2.75) is 112 Å². The summed E-state index contributed by atoms with van der Waals surface area (Å²) < 4.78 is 0. The molecule has 4 rings (SSSR count). The molecule has 0 bridgehead atoms. The molecule has 0 aliphatic heterocycles. The van der Waals surface area contributed by atoms with Crippen molar-refractivity contribution >= 4 is 5.78 Å². The van der Waals surface area contributed by atoms with Crippen LogP contribution in [0.1, 0.15) is 106 Å². The van der Waals surface area contributed by atoms with Crippen molar-refractivity contribution in [3.8, 4) is 0 Å². The maximum Gasteiger partial charge on any atom is 0.158 e. The standard InChI is InChI=1S/C29H48O2/c1-7-20(18(2)3)9-8-19(4)24-12-13-25-23-11-10-21-16-22(30)17-27(31)29(21,6)26(23)14-15-28(24,25)5/h16,18-20,23-27,31H,7-15,17H2,1-6H3/t19-,20-,23+,24-,25+,26+,27?,28-,29+/m1/s1. The Balaban J connectivity index is 1.50. The van der Waals surface area contributed by atoms with Gasteiger partial charge in [0.2, 0.25) is 0 Å². The van der Waals surface area contributed by atoms with Crippen LogP contribution >= 0.6 is 0 Å². The van der Waals surface area contributed by atoms with E-state index in [1.807, 2.05) is 6.08 Å². The first-order valence-corrected chi connectivity index (χ1v) is 13.5. The number of fused-ring (bicyclic) bond motifs is 5. The van der Waals surface area contributed by atoms with Gasteiger partial charge in [-0.15, -0.1) is 0 Å². The lowest BCUT2D eigenvalue weighted by Crippen LogP contribution is -2.55. The van der Waals surface area contributed by atoms with Crippen molar-refractivity contribution in [1.29, 1.82) is 0 Å². The second-order valence-electron chi connectivity index (χ2n) is 12.7. The van der Waals surface area contributed by atoms with Crippen LogP contribution in [0.4, 0.5) is 0 Å². The number of aliphatic hydroxyl groups excluding tert-OH is 1. The van der Waals surface area contributed by atoms with Gasteiger partial charge in [0.15, 0.2) is 5.78 Å². The van der Waals surface area contributed by atoms with Crippen molar-refractivity contribution in [3.05, 3.63) is 11.6 Å². The van der Waals surface area contributed by atoms with Crippen LogP contribution in [0.5, 0.6) is 0 Å². The van der Waals surface area contributed by atoms with Gasteiger partial charge in [-0.1, -0.05) is 60.0 Å². The first-order valence-electron chi connectivity index (χ1n) is 13.5. The van der Waals surface area contributed by atoms with Gasteiger partial charge in [-0.05, 0) is 97.9 Å². The van der Waals surface area contributed by atoms with Gasteiger partial charge in [-0.25, -0.2) is 0 Å². The molecule has 0 saturated heterocycles. The molecule has 0 aromatic rings. The third kappa shape index (κ3) is 3.77. The Morgan fingerprint density at radius 3 is 2.48 bits per heavy atom. The van der Waals surface area contributed by atoms with Gasteiger partial charge in [-0.3, -0.25) is 4.79 Å². The smallest absolute Gasteiger partial charge is 0.158 e. The number of hydrogen-bond acceptors (Lipinski definition) is 2. The van der Waals surface area contributed by atoms with Crippen LogP contribution in [-0.4, -0.2) is 17.0 Å². The van der Waals surface area contributed by atoms with E-state index in [0.717, 1.165) is 41.9 Å². The summed E-state index contributed by atoms with van der Waals surface area (Å²) in [5.74, 6) is 5.63. The summed E-state index contributed by atoms with van der Waals surface area (Å²) in [5.41, 5.74) is 1.59. The average Bonchev–Trinajstić information content (AvgIpc) is 3.06. The van der Waals surface area contributed by atoms with Crippen molar-refractivity contribution in [3.63, 3.8) is 0 Å². The average molecular weight is 429 g/mol. The minimum absolute atomic E-state index is 0.139. The highest BCUT2D eigenvalue weighted by molar-refractivity contribution is 5.92. The molecule has 9 atom stereocenters. The lowest BCUT2D eigenvalue weighted by Gasteiger charge is -2.59. The first-order chi connectivity index (χ1) is 14.6. The molecule has 0 aromatic carbocycles. The number of carbonyl (C=O) groups excluding carboxylic acids is 1. The molecule has 3 fully saturated rings. The van der Waals surface area contributed by atoms with Crippen LogP contribution < -0.4 is 0 Å². The fraction of sp³-hybridized carbons (Fsp3) is 0.897. The summed E-state index contributed by atoms with van der Waals surface area (Å²) in [7, 11) is 0. The maximum absolute atomic E-state index is 12.1. The Morgan fingerprint density at radius 1 is 1.06 bits per heavy atom. The lowest BCUT2D eigenvalue weighted by atomic mass is 9.46. The van der Waals surface area contributed by atoms with Gasteiger partial charge in [0.05, 0.1) is 6.10 Å². The Hall–Kier alpha value is -0.630. The quantitative estimate of drug-likeness (QED) is 0.485. The summed E-state index contributed by atoms with van der Waals surface area (Å²) >= 11 is 0. The maximum atomic E-state index is 12.1. The van der Waals surface area contributed by atoms with Crippen LogP contribution in [0, 0.1) is 52.3 Å². The molecule has 0 heterocycles. The van der Waals surface area contributed by atoms with E-state index < -0.39 is 6.10 Å². The first kappa shape index (κ1) is 23.5. The highest BCUT2D eigenvalue weighted by Crippen LogP contribution is 2.67. The number of ketones is 1. The second kappa shape index (κ2) is 8.62. The SMILES string of the molecule is CC[C@H](CC[C@@H](C)[C@H]1CC[C@H]2[C@@H]3CCC4=CC(=O)CC(O)[C@]4(C)[C@H]3CC[C@]12C)C(C)C. The third-order valence-electron chi connectivity index (χ3n) is 11.3. The summed E-state index contributed by atoms with van der Waals surface area (Å²) in [4.78, 5) is 12.1. The van der Waals surface area contributed by atoms with Gasteiger partial charge < -0.3 is 5.11 Å². The molecular formula is C29H48O2. The highest BCUT2D eigenvalue weighted by Gasteiger charge is 2.61. The molecule has 176 valence electrons. The molecule has 0 aromatic heterocycles. The number of rotatable bonds is 6. The van der Waals surface area contributed by atoms with Crippen molar-refractivity contribution < 1.29 is 9.90 Å². The zero-order valence-corrected chi connectivity index (χ0v) is 21.1. The van der Waals surface area contributed by atoms with Gasteiger partial charge in [0, 0.05) is 11.8 Å². The Bertz CT molecular complexity index is 708. The molecule has 31 heavy (non-hydrogen) atoms. The Morgan fingerprint density at radius 2 is 1.81 bits per heavy atom. The molecule has 4 aliphatic rings. The molecule has 0 amide bonds. The fourth-order valence-electron chi connectivity index (χ4n) is 9.27. The van der Waals surface area contributed by atoms with Crippen molar-refractivity contribution in [2.75, 3.05) is 0 Å². The zero-order valence-electron chi connectivity index (χ0n) is 21.1. The predicted molar refractivity (Wildman–Crippen MR) is 129 cm³/mol. The molecule has 0 radical (unpaired) electrons. The van der Waals surface area contributed by atoms with Gasteiger partial charge >= 0.3 is 0 Å². The Kier molecular flexibility index (Phi) is 6.54. The monoisotopic (exact) mass is 428 g/mol. The van der Waals surface area contributed by atoms with E-state index in [1.165, 1.54) is 56.9 Å². The number of carbonyl (C=O) groups is 1. The molecule has 3 saturated carbocycles. The third-order valence-corrected chi connectivity index (χ3v) is 11.3. The van der Waals surface area contributed by atoms with E-state index in [4.69, 9.17) is 0 Å². The summed E-state index contributed by atoms with van der Waals surface area (Å²) in [6.45, 7) is 14.6. The van der Waals surface area contributed by atoms with Crippen molar-refractivity contribution in [1.82, 2.24) is 0 Å². The van der Waals surface area contributed by atoms with E-state index in [2.05, 4.69) is 41.5 Å². The Labute approximate surface area is 191 Å². The van der Waals surface area contributed by atoms with Crippen LogP contribution in [0.15, 0.2) is 11.6 Å². The van der Waals surface area contributed by atoms with Crippen LogP contribution in [0.25, 0.3) is 0 Å². The minimum Gasteiger partial charge on any atom is -0.392 e. The van der Waals surface area contributed by atoms with E-state index in [1.54, 1.807) is 0 Å². The molecule has 0 spiro atoms. The highest BCUT2D eigenvalue weighted by atomic mass is 16.3. The van der Waals surface area contributed by atoms with Crippen LogP contribution in [0.3, 0.4) is 0 Å². The van der Waals surface area contributed by atoms with E-state index in [0.29, 0.717) is 17.8 Å². The normalized spacial score (nSPS) is 44.3. The summed E-state index contributed by atoms with van der Waals surface area (Å²) in [6, 6.07) is 0. The van der Waals surface area contributed by atoms with E-state index in [9.17, 15) is 9.90 Å². The molecule has 2 heteroatoms.